The Morgan fingerprint density at radius 3 is 2.67 bits per heavy atom. The monoisotopic (exact) mass is 281 g/mol. The van der Waals surface area contributed by atoms with Gasteiger partial charge in [0.25, 0.3) is 0 Å². The number of rotatable bonds is 4. The van der Waals surface area contributed by atoms with Gasteiger partial charge in [0.2, 0.25) is 12.3 Å². The predicted octanol–water partition coefficient (Wildman–Crippen LogP) is 3.75. The minimum atomic E-state index is 0.499. The van der Waals surface area contributed by atoms with Crippen molar-refractivity contribution in [3.63, 3.8) is 0 Å². The van der Waals surface area contributed by atoms with Crippen molar-refractivity contribution in [3.8, 4) is 11.5 Å². The summed E-state index contributed by atoms with van der Waals surface area (Å²) in [5.74, 6) is 2.92. The van der Waals surface area contributed by atoms with Crippen LogP contribution in [0.4, 0.5) is 5.69 Å². The van der Waals surface area contributed by atoms with Gasteiger partial charge in [-0.3, -0.25) is 0 Å². The minimum absolute atomic E-state index is 0.499. The van der Waals surface area contributed by atoms with E-state index in [4.69, 9.17) is 4.42 Å². The number of nitrogens with one attached hydrogen (secondary N) is 1. The van der Waals surface area contributed by atoms with Gasteiger partial charge in [0, 0.05) is 17.3 Å². The third-order valence-electron chi connectivity index (χ3n) is 4.86. The summed E-state index contributed by atoms with van der Waals surface area (Å²) in [6, 6.07) is 8.70. The van der Waals surface area contributed by atoms with Crippen molar-refractivity contribution >= 4 is 5.69 Å². The Labute approximate surface area is 124 Å². The molecule has 1 saturated carbocycles. The molecule has 1 aromatic heterocycles. The van der Waals surface area contributed by atoms with Gasteiger partial charge in [-0.1, -0.05) is 12.2 Å². The number of nitrogens with zero attached hydrogens (tertiary/aromatic N) is 2. The molecule has 4 rings (SSSR count). The van der Waals surface area contributed by atoms with Crippen LogP contribution in [0.25, 0.3) is 11.5 Å². The molecule has 108 valence electrons. The van der Waals surface area contributed by atoms with E-state index in [1.165, 1.54) is 19.2 Å². The SMILES string of the molecule is CC(Nc1ccc(-c2nnco2)cc1)C1CC2C=CC1C2. The summed E-state index contributed by atoms with van der Waals surface area (Å²) >= 11 is 0. The van der Waals surface area contributed by atoms with Crippen molar-refractivity contribution in [2.24, 2.45) is 17.8 Å². The van der Waals surface area contributed by atoms with Gasteiger partial charge < -0.3 is 9.73 Å². The number of fused-ring (bicyclic) bond motifs is 2. The molecule has 2 bridgehead atoms. The lowest BCUT2D eigenvalue weighted by Crippen LogP contribution is -2.28. The van der Waals surface area contributed by atoms with E-state index in [2.05, 4.69) is 46.7 Å². The normalized spacial score (nSPS) is 28.0. The summed E-state index contributed by atoms with van der Waals surface area (Å²) < 4.78 is 5.21. The Kier molecular flexibility index (Phi) is 3.02. The maximum absolute atomic E-state index is 5.21. The molecular formula is C17H19N3O. The highest BCUT2D eigenvalue weighted by Crippen LogP contribution is 2.45. The number of aromatic nitrogens is 2. The molecule has 21 heavy (non-hydrogen) atoms. The lowest BCUT2D eigenvalue weighted by Gasteiger charge is -2.27. The van der Waals surface area contributed by atoms with Gasteiger partial charge in [-0.05, 0) is 61.8 Å². The average molecular weight is 281 g/mol. The third-order valence-corrected chi connectivity index (χ3v) is 4.86. The first-order valence-electron chi connectivity index (χ1n) is 7.61. The highest BCUT2D eigenvalue weighted by molar-refractivity contribution is 5.58. The highest BCUT2D eigenvalue weighted by atomic mass is 16.4. The lowest BCUT2D eigenvalue weighted by molar-refractivity contribution is 0.400. The molecule has 1 fully saturated rings. The molecule has 0 saturated heterocycles. The van der Waals surface area contributed by atoms with E-state index < -0.39 is 0 Å². The molecule has 4 nitrogen and oxygen atoms in total. The lowest BCUT2D eigenvalue weighted by atomic mass is 9.87. The fourth-order valence-corrected chi connectivity index (χ4v) is 3.78. The molecule has 2 aliphatic carbocycles. The summed E-state index contributed by atoms with van der Waals surface area (Å²) in [4.78, 5) is 0. The number of allylic oxidation sites excluding steroid dienone is 2. The Hall–Kier alpha value is -2.10. The maximum atomic E-state index is 5.21. The second kappa shape index (κ2) is 5.02. The molecule has 1 heterocycles. The van der Waals surface area contributed by atoms with E-state index in [-0.39, 0.29) is 0 Å². The van der Waals surface area contributed by atoms with Crippen LogP contribution in [0.5, 0.6) is 0 Å². The minimum Gasteiger partial charge on any atom is -0.423 e. The summed E-state index contributed by atoms with van der Waals surface area (Å²) in [7, 11) is 0. The van der Waals surface area contributed by atoms with E-state index in [1.807, 2.05) is 12.1 Å². The summed E-state index contributed by atoms with van der Waals surface area (Å²) in [5, 5.41) is 11.3. The zero-order valence-electron chi connectivity index (χ0n) is 12.1. The van der Waals surface area contributed by atoms with Crippen LogP contribution < -0.4 is 5.32 Å². The van der Waals surface area contributed by atoms with Crippen LogP contribution in [-0.2, 0) is 0 Å². The molecule has 0 aliphatic heterocycles. The van der Waals surface area contributed by atoms with Crippen LogP contribution in [0.3, 0.4) is 0 Å². The zero-order chi connectivity index (χ0) is 14.2. The van der Waals surface area contributed by atoms with E-state index >= 15 is 0 Å². The van der Waals surface area contributed by atoms with E-state index in [0.29, 0.717) is 11.9 Å². The highest BCUT2D eigenvalue weighted by Gasteiger charge is 2.38. The van der Waals surface area contributed by atoms with Crippen molar-refractivity contribution in [2.75, 3.05) is 5.32 Å². The smallest absolute Gasteiger partial charge is 0.247 e. The molecule has 0 radical (unpaired) electrons. The molecule has 4 heteroatoms. The largest absolute Gasteiger partial charge is 0.423 e. The van der Waals surface area contributed by atoms with Gasteiger partial charge in [0.1, 0.15) is 0 Å². The van der Waals surface area contributed by atoms with Crippen molar-refractivity contribution in [3.05, 3.63) is 42.8 Å². The van der Waals surface area contributed by atoms with Crippen LogP contribution in [0.2, 0.25) is 0 Å². The molecule has 2 aromatic rings. The van der Waals surface area contributed by atoms with E-state index in [0.717, 1.165) is 29.0 Å². The predicted molar refractivity (Wildman–Crippen MR) is 81.7 cm³/mol. The Balaban J connectivity index is 1.44. The molecule has 4 atom stereocenters. The summed E-state index contributed by atoms with van der Waals surface area (Å²) in [6.07, 6.45) is 8.84. The number of hydrogen-bond acceptors (Lipinski definition) is 4. The van der Waals surface area contributed by atoms with Gasteiger partial charge >= 0.3 is 0 Å². The molecule has 1 N–H and O–H groups in total. The standard InChI is InChI=1S/C17H19N3O/c1-11(16-9-12-2-3-14(16)8-12)19-15-6-4-13(5-7-15)17-20-18-10-21-17/h2-7,10-12,14,16,19H,8-9H2,1H3. The topological polar surface area (TPSA) is 51.0 Å². The molecular weight excluding hydrogens is 262 g/mol. The molecule has 2 aliphatic rings. The van der Waals surface area contributed by atoms with E-state index in [9.17, 15) is 0 Å². The first-order chi connectivity index (χ1) is 10.3. The van der Waals surface area contributed by atoms with Crippen molar-refractivity contribution in [2.45, 2.75) is 25.8 Å². The van der Waals surface area contributed by atoms with Crippen molar-refractivity contribution in [1.82, 2.24) is 10.2 Å². The molecule has 1 aromatic carbocycles. The van der Waals surface area contributed by atoms with Crippen LogP contribution in [0, 0.1) is 17.8 Å². The number of benzene rings is 1. The van der Waals surface area contributed by atoms with Crippen LogP contribution in [0.15, 0.2) is 47.2 Å². The Morgan fingerprint density at radius 1 is 1.19 bits per heavy atom. The molecule has 0 amide bonds. The third kappa shape index (κ3) is 2.35. The Morgan fingerprint density at radius 2 is 2.05 bits per heavy atom. The fraction of sp³-hybridized carbons (Fsp3) is 0.412. The van der Waals surface area contributed by atoms with Crippen molar-refractivity contribution in [1.29, 1.82) is 0 Å². The van der Waals surface area contributed by atoms with Crippen LogP contribution >= 0.6 is 0 Å². The van der Waals surface area contributed by atoms with Crippen molar-refractivity contribution < 1.29 is 4.42 Å². The fourth-order valence-electron chi connectivity index (χ4n) is 3.78. The second-order valence-corrected chi connectivity index (χ2v) is 6.20. The number of hydrogen-bond donors (Lipinski definition) is 1. The molecule has 0 spiro atoms. The average Bonchev–Trinajstić information content (AvgIpc) is 3.25. The zero-order valence-corrected chi connectivity index (χ0v) is 12.1. The second-order valence-electron chi connectivity index (χ2n) is 6.20. The summed E-state index contributed by atoms with van der Waals surface area (Å²) in [5.41, 5.74) is 2.10. The summed E-state index contributed by atoms with van der Waals surface area (Å²) in [6.45, 7) is 2.30. The van der Waals surface area contributed by atoms with Gasteiger partial charge in [0.05, 0.1) is 0 Å². The van der Waals surface area contributed by atoms with Crippen LogP contribution in [0.1, 0.15) is 19.8 Å². The first kappa shape index (κ1) is 12.6. The first-order valence-corrected chi connectivity index (χ1v) is 7.61. The van der Waals surface area contributed by atoms with Gasteiger partial charge in [-0.2, -0.15) is 0 Å². The van der Waals surface area contributed by atoms with Crippen LogP contribution in [-0.4, -0.2) is 16.2 Å². The van der Waals surface area contributed by atoms with Gasteiger partial charge in [-0.15, -0.1) is 10.2 Å². The van der Waals surface area contributed by atoms with E-state index in [1.54, 1.807) is 0 Å². The molecule has 4 unspecified atom stereocenters. The van der Waals surface area contributed by atoms with Gasteiger partial charge in [0.15, 0.2) is 0 Å². The van der Waals surface area contributed by atoms with Gasteiger partial charge in [-0.25, -0.2) is 0 Å². The number of anilines is 1. The quantitative estimate of drug-likeness (QED) is 0.867. The Bertz CT molecular complexity index is 633. The maximum Gasteiger partial charge on any atom is 0.247 e.